The molecule has 2 nitrogen and oxygen atoms in total. The average molecular weight is 361 g/mol. The fourth-order valence-corrected chi connectivity index (χ4v) is 5.30. The summed E-state index contributed by atoms with van der Waals surface area (Å²) in [5.41, 5.74) is 3.31. The summed E-state index contributed by atoms with van der Waals surface area (Å²) in [7, 11) is -1.41. The number of benzene rings is 1. The van der Waals surface area contributed by atoms with Gasteiger partial charge in [-0.2, -0.15) is 0 Å². The lowest BCUT2D eigenvalue weighted by Gasteiger charge is -2.22. The van der Waals surface area contributed by atoms with Crippen LogP contribution < -0.4 is 0 Å². The van der Waals surface area contributed by atoms with E-state index in [-0.39, 0.29) is 23.0 Å². The Morgan fingerprint density at radius 1 is 0.920 bits per heavy atom. The van der Waals surface area contributed by atoms with Crippen molar-refractivity contribution in [3.8, 4) is 0 Å². The molecule has 1 aliphatic rings. The van der Waals surface area contributed by atoms with Crippen molar-refractivity contribution >= 4 is 16.6 Å². The summed E-state index contributed by atoms with van der Waals surface area (Å²) in [6.07, 6.45) is 2.38. The van der Waals surface area contributed by atoms with Crippen LogP contribution in [0.15, 0.2) is 28.0 Å². The zero-order valence-electron chi connectivity index (χ0n) is 16.9. The van der Waals surface area contributed by atoms with E-state index in [0.717, 1.165) is 16.0 Å². The summed E-state index contributed by atoms with van der Waals surface area (Å²) in [6, 6.07) is 4.39. The third kappa shape index (κ3) is 4.13. The van der Waals surface area contributed by atoms with Gasteiger partial charge >= 0.3 is 0 Å². The predicted octanol–water partition coefficient (Wildman–Crippen LogP) is 6.05. The number of carbonyl (C=O) groups excluding carboxylic acids is 1. The molecule has 1 atom stereocenters. The minimum absolute atomic E-state index is 0.0284. The largest absolute Gasteiger partial charge is 0.293 e. The van der Waals surface area contributed by atoms with Crippen molar-refractivity contribution in [1.82, 2.24) is 0 Å². The van der Waals surface area contributed by atoms with Crippen molar-refractivity contribution in [3.63, 3.8) is 0 Å². The molecule has 0 saturated carbocycles. The van der Waals surface area contributed by atoms with Crippen molar-refractivity contribution < 1.29 is 9.00 Å². The quantitative estimate of drug-likeness (QED) is 0.641. The summed E-state index contributed by atoms with van der Waals surface area (Å²) in [6.45, 7) is 17.0. The number of ketones is 1. The van der Waals surface area contributed by atoms with Gasteiger partial charge in [-0.25, -0.2) is 4.21 Å². The first kappa shape index (κ1) is 20.1. The minimum atomic E-state index is -1.41. The maximum atomic E-state index is 13.5. The third-order valence-electron chi connectivity index (χ3n) is 4.88. The van der Waals surface area contributed by atoms with Crippen LogP contribution in [0.4, 0.5) is 0 Å². The molecule has 0 radical (unpaired) electrons. The number of allylic oxidation sites excluding steroid dienone is 2. The van der Waals surface area contributed by atoms with Crippen molar-refractivity contribution in [1.29, 1.82) is 0 Å². The van der Waals surface area contributed by atoms with Gasteiger partial charge in [-0.1, -0.05) is 73.6 Å². The maximum Gasteiger partial charge on any atom is 0.172 e. The molecule has 1 aromatic rings. The van der Waals surface area contributed by atoms with Crippen LogP contribution in [0.5, 0.6) is 0 Å². The fourth-order valence-electron chi connectivity index (χ4n) is 3.36. The van der Waals surface area contributed by atoms with E-state index in [9.17, 15) is 9.00 Å². The molecule has 0 amide bonds. The van der Waals surface area contributed by atoms with E-state index in [0.29, 0.717) is 17.2 Å². The molecule has 0 spiro atoms. The summed E-state index contributed by atoms with van der Waals surface area (Å²) in [5, 5.41) is 0. The van der Waals surface area contributed by atoms with Crippen LogP contribution in [0.2, 0.25) is 0 Å². The predicted molar refractivity (Wildman–Crippen MR) is 107 cm³/mol. The van der Waals surface area contributed by atoms with Gasteiger partial charge in [0.05, 0.1) is 20.6 Å². The lowest BCUT2D eigenvalue weighted by molar-refractivity contribution is -0.115. The van der Waals surface area contributed by atoms with E-state index >= 15 is 0 Å². The Bertz CT molecular complexity index is 707. The smallest absolute Gasteiger partial charge is 0.172 e. The molecule has 0 N–H and O–H groups in total. The van der Waals surface area contributed by atoms with Gasteiger partial charge in [0.2, 0.25) is 0 Å². The fraction of sp³-hybridized carbons (Fsp3) is 0.591. The highest BCUT2D eigenvalue weighted by Crippen LogP contribution is 2.40. The van der Waals surface area contributed by atoms with Gasteiger partial charge in [-0.3, -0.25) is 4.79 Å². The van der Waals surface area contributed by atoms with E-state index in [1.807, 2.05) is 19.9 Å². The van der Waals surface area contributed by atoms with Crippen LogP contribution in [0.1, 0.15) is 96.3 Å². The number of hydrogen-bond acceptors (Lipinski definition) is 2. The van der Waals surface area contributed by atoms with Crippen molar-refractivity contribution in [2.75, 3.05) is 0 Å². The van der Waals surface area contributed by atoms with Gasteiger partial charge in [0.15, 0.2) is 5.78 Å². The van der Waals surface area contributed by atoms with Crippen LogP contribution in [0.3, 0.4) is 0 Å². The Balaban J connectivity index is 2.71. The first-order chi connectivity index (χ1) is 11.4. The van der Waals surface area contributed by atoms with E-state index in [2.05, 4.69) is 53.7 Å². The first-order valence-corrected chi connectivity index (χ1v) is 10.4. The van der Waals surface area contributed by atoms with Crippen molar-refractivity contribution in [3.05, 3.63) is 39.8 Å². The standard InChI is InChI=1S/C22H32O2S/c1-13(2)16-9-17(14(3)4)21(18(10-16)15(5)6)25(24)20-12-22(7,8)11-19(20)23/h9-10,12-15H,11H2,1-8H3/t25-/m1/s1. The summed E-state index contributed by atoms with van der Waals surface area (Å²) in [5.74, 6) is 0.977. The highest BCUT2D eigenvalue weighted by Gasteiger charge is 2.35. The van der Waals surface area contributed by atoms with Crippen LogP contribution in [-0.2, 0) is 15.6 Å². The Morgan fingerprint density at radius 3 is 1.72 bits per heavy atom. The highest BCUT2D eigenvalue weighted by atomic mass is 32.2. The molecule has 0 fully saturated rings. The number of Topliss-reactive ketones (excluding diaryl/α,β-unsaturated/α-hetero) is 1. The average Bonchev–Trinajstić information content (AvgIpc) is 2.77. The second-order valence-electron chi connectivity index (χ2n) is 8.86. The topological polar surface area (TPSA) is 34.1 Å². The van der Waals surface area contributed by atoms with Crippen LogP contribution in [-0.4, -0.2) is 9.99 Å². The lowest BCUT2D eigenvalue weighted by atomic mass is 9.89. The highest BCUT2D eigenvalue weighted by molar-refractivity contribution is 7.90. The Labute approximate surface area is 155 Å². The minimum Gasteiger partial charge on any atom is -0.293 e. The molecule has 1 aliphatic carbocycles. The Morgan fingerprint density at radius 2 is 1.40 bits per heavy atom. The molecule has 3 heteroatoms. The van der Waals surface area contributed by atoms with Gasteiger partial charge < -0.3 is 0 Å². The first-order valence-electron chi connectivity index (χ1n) is 9.30. The normalized spacial score (nSPS) is 18.4. The number of carbonyl (C=O) groups is 1. The monoisotopic (exact) mass is 360 g/mol. The molecular weight excluding hydrogens is 328 g/mol. The number of hydrogen-bond donors (Lipinski definition) is 0. The number of rotatable bonds is 5. The molecule has 0 saturated heterocycles. The molecule has 0 aliphatic heterocycles. The summed E-state index contributed by atoms with van der Waals surface area (Å²) >= 11 is 0. The SMILES string of the molecule is CC(C)c1cc(C(C)C)c([S@](=O)C2=CC(C)(C)CC2=O)c(C(C)C)c1. The van der Waals surface area contributed by atoms with Gasteiger partial charge in [-0.15, -0.1) is 0 Å². The van der Waals surface area contributed by atoms with Gasteiger partial charge in [-0.05, 0) is 39.9 Å². The van der Waals surface area contributed by atoms with Gasteiger partial charge in [0.1, 0.15) is 0 Å². The van der Waals surface area contributed by atoms with Crippen molar-refractivity contribution in [2.45, 2.75) is 84.5 Å². The molecule has 2 rings (SSSR count). The lowest BCUT2D eigenvalue weighted by Crippen LogP contribution is -2.12. The molecule has 0 heterocycles. The van der Waals surface area contributed by atoms with Gasteiger partial charge in [0, 0.05) is 6.42 Å². The van der Waals surface area contributed by atoms with Crippen LogP contribution in [0, 0.1) is 5.41 Å². The second kappa shape index (κ2) is 7.19. The third-order valence-corrected chi connectivity index (χ3v) is 6.46. The Kier molecular flexibility index (Phi) is 5.78. The zero-order valence-corrected chi connectivity index (χ0v) is 17.7. The maximum absolute atomic E-state index is 13.5. The van der Waals surface area contributed by atoms with Crippen LogP contribution >= 0.6 is 0 Å². The molecule has 0 aromatic heterocycles. The van der Waals surface area contributed by atoms with E-state index in [1.165, 1.54) is 5.56 Å². The molecule has 25 heavy (non-hydrogen) atoms. The zero-order chi connectivity index (χ0) is 19.1. The molecule has 1 aromatic carbocycles. The van der Waals surface area contributed by atoms with Crippen molar-refractivity contribution in [2.24, 2.45) is 5.41 Å². The van der Waals surface area contributed by atoms with E-state index < -0.39 is 10.8 Å². The molecule has 0 bridgehead atoms. The molecule has 138 valence electrons. The van der Waals surface area contributed by atoms with E-state index in [1.54, 1.807) is 0 Å². The summed E-state index contributed by atoms with van der Waals surface area (Å²) < 4.78 is 13.5. The Hall–Kier alpha value is -1.22. The van der Waals surface area contributed by atoms with Crippen LogP contribution in [0.25, 0.3) is 0 Å². The second-order valence-corrected chi connectivity index (χ2v) is 10.2. The molecular formula is C22H32O2S. The molecule has 0 unspecified atom stereocenters. The van der Waals surface area contributed by atoms with E-state index in [4.69, 9.17) is 0 Å². The summed E-state index contributed by atoms with van der Waals surface area (Å²) in [4.78, 5) is 13.8. The van der Waals surface area contributed by atoms with Gasteiger partial charge in [0.25, 0.3) is 0 Å².